The summed E-state index contributed by atoms with van der Waals surface area (Å²) < 4.78 is 0. The summed E-state index contributed by atoms with van der Waals surface area (Å²) in [4.78, 5) is 33.6. The molecule has 4 rings (SSSR count). The first kappa shape index (κ1) is 21.0. The zero-order valence-corrected chi connectivity index (χ0v) is 17.5. The van der Waals surface area contributed by atoms with E-state index in [2.05, 4.69) is 25.9 Å². The van der Waals surface area contributed by atoms with Crippen LogP contribution in [0.25, 0.3) is 0 Å². The number of benzene rings is 2. The van der Waals surface area contributed by atoms with Crippen LogP contribution in [0.3, 0.4) is 0 Å². The summed E-state index contributed by atoms with van der Waals surface area (Å²) in [5.74, 6) is -1.09. The molecule has 0 saturated heterocycles. The minimum atomic E-state index is -1.01. The third-order valence-corrected chi connectivity index (χ3v) is 5.30. The number of rotatable bonds is 7. The summed E-state index contributed by atoms with van der Waals surface area (Å²) in [6.45, 7) is 1.72. The Morgan fingerprint density at radius 2 is 1.75 bits per heavy atom. The van der Waals surface area contributed by atoms with Crippen molar-refractivity contribution < 1.29 is 14.7 Å². The molecular weight excluding hydrogens is 406 g/mol. The van der Waals surface area contributed by atoms with Gasteiger partial charge in [-0.1, -0.05) is 36.4 Å². The van der Waals surface area contributed by atoms with Crippen molar-refractivity contribution in [3.05, 3.63) is 90.0 Å². The number of nitrogens with zero attached hydrogens (tertiary/aromatic N) is 2. The van der Waals surface area contributed by atoms with E-state index in [0.717, 1.165) is 5.56 Å². The van der Waals surface area contributed by atoms with Gasteiger partial charge in [0.15, 0.2) is 0 Å². The molecule has 2 amide bonds. The highest BCUT2D eigenvalue weighted by atomic mass is 16.3. The number of nitrogens with one attached hydrogen (secondary N) is 3. The van der Waals surface area contributed by atoms with Crippen LogP contribution in [0.1, 0.15) is 18.9 Å². The second-order valence-electron chi connectivity index (χ2n) is 7.73. The summed E-state index contributed by atoms with van der Waals surface area (Å²) in [5.41, 5.74) is 0.927. The normalized spacial score (nSPS) is 17.7. The number of aliphatic hydroxyl groups excluding tert-OH is 1. The van der Waals surface area contributed by atoms with Crippen LogP contribution in [0.2, 0.25) is 0 Å². The molecule has 2 aromatic carbocycles. The molecule has 0 aliphatic carbocycles. The summed E-state index contributed by atoms with van der Waals surface area (Å²) in [6, 6.07) is 18.4. The first-order chi connectivity index (χ1) is 15.4. The van der Waals surface area contributed by atoms with Crippen molar-refractivity contribution in [1.29, 1.82) is 0 Å². The molecule has 0 spiro atoms. The lowest BCUT2D eigenvalue weighted by atomic mass is 9.92. The minimum absolute atomic E-state index is 0.247. The van der Waals surface area contributed by atoms with Crippen molar-refractivity contribution in [3.8, 4) is 0 Å². The predicted molar refractivity (Wildman–Crippen MR) is 121 cm³/mol. The number of aryl methyl sites for hydroxylation is 1. The molecule has 1 aromatic heterocycles. The Labute approximate surface area is 185 Å². The van der Waals surface area contributed by atoms with E-state index in [0.29, 0.717) is 30.2 Å². The molecular formula is C24H23N5O3. The van der Waals surface area contributed by atoms with Crippen molar-refractivity contribution in [3.63, 3.8) is 0 Å². The number of hydrogen-bond acceptors (Lipinski definition) is 6. The highest BCUT2D eigenvalue weighted by molar-refractivity contribution is 6.25. The second kappa shape index (κ2) is 8.89. The fourth-order valence-electron chi connectivity index (χ4n) is 3.55. The maximum Gasteiger partial charge on any atom is 0.264 e. The van der Waals surface area contributed by atoms with E-state index in [1.165, 1.54) is 0 Å². The Morgan fingerprint density at radius 1 is 1.03 bits per heavy atom. The van der Waals surface area contributed by atoms with Gasteiger partial charge in [-0.2, -0.15) is 0 Å². The fourth-order valence-corrected chi connectivity index (χ4v) is 3.55. The average molecular weight is 429 g/mol. The van der Waals surface area contributed by atoms with Gasteiger partial charge in [-0.15, -0.1) is 0 Å². The molecule has 0 radical (unpaired) electrons. The SMILES string of the molecule is CC1(CCc2ccccc2)NC(=O)C(C(=O)Nc2cccc(Nc3ncccn3)c2)=C1O. The van der Waals surface area contributed by atoms with Gasteiger partial charge >= 0.3 is 0 Å². The number of carbonyl (C=O) groups excluding carboxylic acids is 2. The Morgan fingerprint density at radius 3 is 2.50 bits per heavy atom. The van der Waals surface area contributed by atoms with Gasteiger partial charge in [-0.25, -0.2) is 9.97 Å². The lowest BCUT2D eigenvalue weighted by Gasteiger charge is -2.24. The van der Waals surface area contributed by atoms with Crippen LogP contribution in [-0.2, 0) is 16.0 Å². The Balaban J connectivity index is 1.47. The third kappa shape index (κ3) is 4.59. The fraction of sp³-hybridized carbons (Fsp3) is 0.167. The molecule has 4 N–H and O–H groups in total. The molecule has 1 unspecified atom stereocenters. The highest BCUT2D eigenvalue weighted by Crippen LogP contribution is 2.30. The second-order valence-corrected chi connectivity index (χ2v) is 7.73. The molecule has 1 atom stereocenters. The quantitative estimate of drug-likeness (QED) is 0.427. The molecule has 3 aromatic rings. The zero-order chi connectivity index (χ0) is 22.6. The Bertz CT molecular complexity index is 1160. The molecule has 8 heteroatoms. The molecule has 0 bridgehead atoms. The zero-order valence-electron chi connectivity index (χ0n) is 17.5. The van der Waals surface area contributed by atoms with Gasteiger partial charge < -0.3 is 21.1 Å². The van der Waals surface area contributed by atoms with Crippen LogP contribution >= 0.6 is 0 Å². The maximum atomic E-state index is 12.8. The number of aliphatic hydroxyl groups is 1. The molecule has 0 saturated carbocycles. The summed E-state index contributed by atoms with van der Waals surface area (Å²) in [6.07, 6.45) is 4.33. The Kier molecular flexibility index (Phi) is 5.85. The van der Waals surface area contributed by atoms with Gasteiger partial charge in [0.05, 0.1) is 5.54 Å². The average Bonchev–Trinajstić information content (AvgIpc) is 3.02. The monoisotopic (exact) mass is 429 g/mol. The van der Waals surface area contributed by atoms with Crippen molar-refractivity contribution in [2.24, 2.45) is 0 Å². The lowest BCUT2D eigenvalue weighted by Crippen LogP contribution is -2.42. The van der Waals surface area contributed by atoms with E-state index in [1.807, 2.05) is 30.3 Å². The maximum absolute atomic E-state index is 12.8. The largest absolute Gasteiger partial charge is 0.509 e. The van der Waals surface area contributed by atoms with E-state index in [1.54, 1.807) is 49.6 Å². The number of aromatic nitrogens is 2. The molecule has 1 aliphatic heterocycles. The van der Waals surface area contributed by atoms with Crippen molar-refractivity contribution in [2.75, 3.05) is 10.6 Å². The van der Waals surface area contributed by atoms with Crippen LogP contribution in [0.15, 0.2) is 84.4 Å². The number of carbonyl (C=O) groups is 2. The first-order valence-corrected chi connectivity index (χ1v) is 10.2. The number of amides is 2. The van der Waals surface area contributed by atoms with Crippen LogP contribution in [0.5, 0.6) is 0 Å². The summed E-state index contributed by atoms with van der Waals surface area (Å²) in [5, 5.41) is 19.2. The van der Waals surface area contributed by atoms with Gasteiger partial charge in [0.1, 0.15) is 11.3 Å². The molecule has 2 heterocycles. The molecule has 0 fully saturated rings. The van der Waals surface area contributed by atoms with Gasteiger partial charge in [0.2, 0.25) is 5.95 Å². The number of anilines is 3. The highest BCUT2D eigenvalue weighted by Gasteiger charge is 2.44. The van der Waals surface area contributed by atoms with E-state index >= 15 is 0 Å². The van der Waals surface area contributed by atoms with Crippen molar-refractivity contribution in [2.45, 2.75) is 25.3 Å². The first-order valence-electron chi connectivity index (χ1n) is 10.2. The molecule has 1 aliphatic rings. The van der Waals surface area contributed by atoms with Crippen LogP contribution in [0, 0.1) is 0 Å². The predicted octanol–water partition coefficient (Wildman–Crippen LogP) is 3.49. The summed E-state index contributed by atoms with van der Waals surface area (Å²) in [7, 11) is 0. The minimum Gasteiger partial charge on any atom is -0.509 e. The van der Waals surface area contributed by atoms with Gasteiger partial charge in [-0.05, 0) is 49.6 Å². The molecule has 32 heavy (non-hydrogen) atoms. The summed E-state index contributed by atoms with van der Waals surface area (Å²) >= 11 is 0. The van der Waals surface area contributed by atoms with Crippen LogP contribution in [-0.4, -0.2) is 32.4 Å². The molecule has 162 valence electrons. The van der Waals surface area contributed by atoms with Crippen LogP contribution in [0.4, 0.5) is 17.3 Å². The van der Waals surface area contributed by atoms with E-state index in [4.69, 9.17) is 0 Å². The van der Waals surface area contributed by atoms with Gasteiger partial charge in [-0.3, -0.25) is 9.59 Å². The lowest BCUT2D eigenvalue weighted by molar-refractivity contribution is -0.121. The van der Waals surface area contributed by atoms with E-state index < -0.39 is 17.4 Å². The topological polar surface area (TPSA) is 116 Å². The standard InChI is InChI=1S/C24H23N5O3/c1-24(12-11-16-7-3-2-4-8-16)20(30)19(22(32)29-24)21(31)27-17-9-5-10-18(15-17)28-23-25-13-6-14-26-23/h2-10,13-15,30H,11-12H2,1H3,(H,27,31)(H,29,32)(H,25,26,28). The van der Waals surface area contributed by atoms with E-state index in [-0.39, 0.29) is 11.3 Å². The van der Waals surface area contributed by atoms with Crippen molar-refractivity contribution >= 4 is 29.1 Å². The molecule has 8 nitrogen and oxygen atoms in total. The van der Waals surface area contributed by atoms with E-state index in [9.17, 15) is 14.7 Å². The van der Waals surface area contributed by atoms with Crippen LogP contribution < -0.4 is 16.0 Å². The van der Waals surface area contributed by atoms with Crippen molar-refractivity contribution in [1.82, 2.24) is 15.3 Å². The third-order valence-electron chi connectivity index (χ3n) is 5.30. The van der Waals surface area contributed by atoms with Gasteiger partial charge in [0, 0.05) is 23.8 Å². The van der Waals surface area contributed by atoms with Gasteiger partial charge in [0.25, 0.3) is 11.8 Å². The number of hydrogen-bond donors (Lipinski definition) is 4. The Hall–Kier alpha value is -4.20. The smallest absolute Gasteiger partial charge is 0.264 e.